The van der Waals surface area contributed by atoms with Crippen LogP contribution in [-0.2, 0) is 6.42 Å². The van der Waals surface area contributed by atoms with Gasteiger partial charge in [0.05, 0.1) is 0 Å². The molecule has 0 spiro atoms. The lowest BCUT2D eigenvalue weighted by molar-refractivity contribution is 0.155. The fraction of sp³-hybridized carbons (Fsp3) is 0.821. The smallest absolute Gasteiger partial charge is 0.0434 e. The van der Waals surface area contributed by atoms with E-state index >= 15 is 0 Å². The molecule has 0 saturated heterocycles. The maximum Gasteiger partial charge on any atom is 0.0434 e. The van der Waals surface area contributed by atoms with Crippen LogP contribution in [0.4, 0.5) is 0 Å². The molecule has 0 aromatic carbocycles. The Morgan fingerprint density at radius 1 is 0.724 bits per heavy atom. The van der Waals surface area contributed by atoms with Crippen LogP contribution in [0, 0.1) is 17.8 Å². The second kappa shape index (κ2) is 12.8. The first-order chi connectivity index (χ1) is 14.3. The molecule has 3 rings (SSSR count). The van der Waals surface area contributed by atoms with Crippen molar-refractivity contribution < 1.29 is 0 Å². The van der Waals surface area contributed by atoms with Crippen molar-refractivity contribution in [2.75, 3.05) is 0 Å². The second-order valence-electron chi connectivity index (χ2n) is 10.3. The van der Waals surface area contributed by atoms with Gasteiger partial charge in [-0.25, -0.2) is 0 Å². The van der Waals surface area contributed by atoms with Crippen molar-refractivity contribution >= 4 is 0 Å². The number of aryl methyl sites for hydroxylation is 1. The van der Waals surface area contributed by atoms with Crippen molar-refractivity contribution in [3.63, 3.8) is 0 Å². The SMILES string of the molecule is CCCCCCc1ccc([C@H]2CC[C@H]([C@H]3CC[C@H](CCCCC)CC3)CC2)nc1. The van der Waals surface area contributed by atoms with E-state index in [0.717, 1.165) is 23.7 Å². The van der Waals surface area contributed by atoms with Crippen molar-refractivity contribution in [3.8, 4) is 0 Å². The molecular formula is C28H47N. The van der Waals surface area contributed by atoms with E-state index in [1.165, 1.54) is 120 Å². The molecule has 0 N–H and O–H groups in total. The van der Waals surface area contributed by atoms with Crippen molar-refractivity contribution in [1.29, 1.82) is 0 Å². The van der Waals surface area contributed by atoms with Gasteiger partial charge in [-0.05, 0) is 80.8 Å². The van der Waals surface area contributed by atoms with Gasteiger partial charge in [-0.3, -0.25) is 4.98 Å². The minimum Gasteiger partial charge on any atom is -0.261 e. The monoisotopic (exact) mass is 397 g/mol. The van der Waals surface area contributed by atoms with E-state index in [2.05, 4.69) is 32.2 Å². The van der Waals surface area contributed by atoms with Gasteiger partial charge in [0.25, 0.3) is 0 Å². The van der Waals surface area contributed by atoms with Crippen LogP contribution in [-0.4, -0.2) is 4.98 Å². The van der Waals surface area contributed by atoms with Crippen molar-refractivity contribution in [1.82, 2.24) is 4.98 Å². The highest BCUT2D eigenvalue weighted by atomic mass is 14.7. The summed E-state index contributed by atoms with van der Waals surface area (Å²) in [5.74, 6) is 3.84. The molecule has 2 fully saturated rings. The minimum absolute atomic E-state index is 0.728. The van der Waals surface area contributed by atoms with Gasteiger partial charge in [0.15, 0.2) is 0 Å². The molecule has 1 aromatic rings. The number of hydrogen-bond acceptors (Lipinski definition) is 1. The number of unbranched alkanes of at least 4 members (excludes halogenated alkanes) is 5. The predicted molar refractivity (Wildman–Crippen MR) is 126 cm³/mol. The van der Waals surface area contributed by atoms with Gasteiger partial charge in [0.1, 0.15) is 0 Å². The Labute approximate surface area is 181 Å². The van der Waals surface area contributed by atoms with Crippen LogP contribution in [0.25, 0.3) is 0 Å². The maximum atomic E-state index is 4.88. The summed E-state index contributed by atoms with van der Waals surface area (Å²) in [7, 11) is 0. The highest BCUT2D eigenvalue weighted by molar-refractivity contribution is 5.17. The summed E-state index contributed by atoms with van der Waals surface area (Å²) in [6.45, 7) is 4.61. The van der Waals surface area contributed by atoms with Crippen LogP contribution in [0.5, 0.6) is 0 Å². The van der Waals surface area contributed by atoms with Gasteiger partial charge in [0.2, 0.25) is 0 Å². The Bertz CT molecular complexity index is 532. The average molecular weight is 398 g/mol. The van der Waals surface area contributed by atoms with E-state index < -0.39 is 0 Å². The predicted octanol–water partition coefficient (Wildman–Crippen LogP) is 8.86. The molecule has 0 atom stereocenters. The van der Waals surface area contributed by atoms with Crippen LogP contribution in [0.1, 0.15) is 134 Å². The summed E-state index contributed by atoms with van der Waals surface area (Å²) in [5.41, 5.74) is 2.81. The van der Waals surface area contributed by atoms with E-state index in [-0.39, 0.29) is 0 Å². The fourth-order valence-electron chi connectivity index (χ4n) is 6.10. The molecule has 29 heavy (non-hydrogen) atoms. The van der Waals surface area contributed by atoms with E-state index in [0.29, 0.717) is 0 Å². The van der Waals surface area contributed by atoms with Gasteiger partial charge in [-0.1, -0.05) is 77.7 Å². The molecule has 1 aromatic heterocycles. The third-order valence-electron chi connectivity index (χ3n) is 8.13. The first kappa shape index (κ1) is 22.8. The Morgan fingerprint density at radius 2 is 1.38 bits per heavy atom. The first-order valence-corrected chi connectivity index (χ1v) is 13.2. The molecule has 1 heteroatoms. The number of aromatic nitrogens is 1. The summed E-state index contributed by atoms with van der Waals surface area (Å²) in [4.78, 5) is 4.88. The summed E-state index contributed by atoms with van der Waals surface area (Å²) in [5, 5.41) is 0. The highest BCUT2D eigenvalue weighted by Gasteiger charge is 2.31. The van der Waals surface area contributed by atoms with Gasteiger partial charge in [0, 0.05) is 17.8 Å². The first-order valence-electron chi connectivity index (χ1n) is 13.2. The number of pyridine rings is 1. The fourth-order valence-corrected chi connectivity index (χ4v) is 6.10. The van der Waals surface area contributed by atoms with Crippen molar-refractivity contribution in [2.24, 2.45) is 17.8 Å². The van der Waals surface area contributed by atoms with Gasteiger partial charge in [-0.2, -0.15) is 0 Å². The zero-order valence-electron chi connectivity index (χ0n) is 19.5. The van der Waals surface area contributed by atoms with Crippen LogP contribution in [0.2, 0.25) is 0 Å². The van der Waals surface area contributed by atoms with Crippen molar-refractivity contribution in [2.45, 2.75) is 129 Å². The van der Waals surface area contributed by atoms with Gasteiger partial charge < -0.3 is 0 Å². The highest BCUT2D eigenvalue weighted by Crippen LogP contribution is 2.44. The lowest BCUT2D eigenvalue weighted by Crippen LogP contribution is -2.25. The third-order valence-corrected chi connectivity index (χ3v) is 8.13. The molecule has 1 heterocycles. The molecule has 164 valence electrons. The molecule has 1 nitrogen and oxygen atoms in total. The molecule has 0 amide bonds. The van der Waals surface area contributed by atoms with E-state index in [1.807, 2.05) is 0 Å². The molecule has 0 bridgehead atoms. The molecule has 2 saturated carbocycles. The Hall–Kier alpha value is -0.850. The van der Waals surface area contributed by atoms with E-state index in [4.69, 9.17) is 4.98 Å². The standard InChI is InChI=1S/C28H47N/c1-3-5-7-9-11-24-14-21-28(29-22-24)27-19-17-26(18-20-27)25-15-12-23(13-16-25)10-8-6-4-2/h14,21-23,25-27H,3-13,15-20H2,1-2H3/t23-,25-,26-,27-. The number of hydrogen-bond donors (Lipinski definition) is 0. The summed E-state index contributed by atoms with van der Waals surface area (Å²) in [6.07, 6.45) is 26.3. The van der Waals surface area contributed by atoms with Gasteiger partial charge >= 0.3 is 0 Å². The molecule has 0 radical (unpaired) electrons. The normalized spacial score (nSPS) is 27.8. The van der Waals surface area contributed by atoms with Crippen molar-refractivity contribution in [3.05, 3.63) is 29.6 Å². The minimum atomic E-state index is 0.728. The van der Waals surface area contributed by atoms with Crippen LogP contribution in [0.3, 0.4) is 0 Å². The third kappa shape index (κ3) is 7.41. The van der Waals surface area contributed by atoms with Crippen LogP contribution >= 0.6 is 0 Å². The zero-order valence-corrected chi connectivity index (χ0v) is 19.5. The van der Waals surface area contributed by atoms with Crippen LogP contribution in [0.15, 0.2) is 18.3 Å². The van der Waals surface area contributed by atoms with Gasteiger partial charge in [-0.15, -0.1) is 0 Å². The summed E-state index contributed by atoms with van der Waals surface area (Å²) < 4.78 is 0. The molecular weight excluding hydrogens is 350 g/mol. The Morgan fingerprint density at radius 3 is 2.00 bits per heavy atom. The van der Waals surface area contributed by atoms with E-state index in [1.54, 1.807) is 0 Å². The Balaban J connectivity index is 1.36. The Kier molecular flexibility index (Phi) is 10.0. The largest absolute Gasteiger partial charge is 0.261 e. The number of rotatable bonds is 11. The summed E-state index contributed by atoms with van der Waals surface area (Å²) >= 11 is 0. The molecule has 2 aliphatic carbocycles. The molecule has 0 aliphatic heterocycles. The quantitative estimate of drug-likeness (QED) is 0.340. The number of nitrogens with zero attached hydrogens (tertiary/aromatic N) is 1. The topological polar surface area (TPSA) is 12.9 Å². The second-order valence-corrected chi connectivity index (χ2v) is 10.3. The molecule has 0 unspecified atom stereocenters. The van der Waals surface area contributed by atoms with Crippen LogP contribution < -0.4 is 0 Å². The molecule has 2 aliphatic rings. The summed E-state index contributed by atoms with van der Waals surface area (Å²) in [6, 6.07) is 4.71. The van der Waals surface area contributed by atoms with E-state index in [9.17, 15) is 0 Å². The lowest BCUT2D eigenvalue weighted by atomic mass is 9.68. The zero-order chi connectivity index (χ0) is 20.3. The lowest BCUT2D eigenvalue weighted by Gasteiger charge is -2.38. The average Bonchev–Trinajstić information content (AvgIpc) is 2.78. The maximum absolute atomic E-state index is 4.88.